The maximum atomic E-state index is 11.0. The third-order valence-corrected chi connectivity index (χ3v) is 5.27. The fourth-order valence-corrected chi connectivity index (χ4v) is 3.77. The molecule has 0 amide bonds. The molecule has 9 heteroatoms. The third-order valence-electron chi connectivity index (χ3n) is 3.61. The molecule has 7 nitrogen and oxygen atoms in total. The Morgan fingerprint density at radius 2 is 2.04 bits per heavy atom. The molecule has 130 valence electrons. The average Bonchev–Trinajstić information content (AvgIpc) is 3.04. The molecule has 1 aliphatic heterocycles. The van der Waals surface area contributed by atoms with Gasteiger partial charge in [0.2, 0.25) is 10.0 Å². The van der Waals surface area contributed by atoms with Gasteiger partial charge in [-0.05, 0) is 23.9 Å². The molecule has 2 N–H and O–H groups in total. The Kier molecular flexibility index (Phi) is 6.67. The summed E-state index contributed by atoms with van der Waals surface area (Å²) in [6.07, 6.45) is 1.90. The lowest BCUT2D eigenvalue weighted by Gasteiger charge is -2.37. The molecule has 0 bridgehead atoms. The van der Waals surface area contributed by atoms with Crippen molar-refractivity contribution in [2.75, 3.05) is 57.5 Å². The number of nitrogens with one attached hydrogen (secondary N) is 2. The summed E-state index contributed by atoms with van der Waals surface area (Å²) in [4.78, 5) is 8.96. The molecule has 0 atom stereocenters. The first kappa shape index (κ1) is 18.0. The molecule has 0 saturated carbocycles. The standard InChI is InChI=1S/C14H25N5O2S2/c1-15-14(16-6-4-7-17-23(2,20)21)19-10-8-18(9-11-19)13-5-3-12-22-13/h3,5,12,17H,4,6-11H2,1-2H3,(H,15,16). The summed E-state index contributed by atoms with van der Waals surface area (Å²) in [5, 5.41) is 6.72. The highest BCUT2D eigenvalue weighted by Gasteiger charge is 2.19. The van der Waals surface area contributed by atoms with Crippen molar-refractivity contribution in [1.82, 2.24) is 14.9 Å². The quantitative estimate of drug-likeness (QED) is 0.436. The number of aliphatic imine (C=N–C) groups is 1. The van der Waals surface area contributed by atoms with Crippen molar-refractivity contribution in [3.63, 3.8) is 0 Å². The maximum absolute atomic E-state index is 11.0. The van der Waals surface area contributed by atoms with Crippen LogP contribution in [-0.2, 0) is 10.0 Å². The summed E-state index contributed by atoms with van der Waals surface area (Å²) in [6.45, 7) is 4.96. The largest absolute Gasteiger partial charge is 0.360 e. The van der Waals surface area contributed by atoms with E-state index in [9.17, 15) is 8.42 Å². The van der Waals surface area contributed by atoms with Crippen molar-refractivity contribution in [3.05, 3.63) is 17.5 Å². The third kappa shape index (κ3) is 6.00. The first-order chi connectivity index (χ1) is 11.0. The molecule has 0 aliphatic carbocycles. The van der Waals surface area contributed by atoms with Gasteiger partial charge in [-0.3, -0.25) is 4.99 Å². The average molecular weight is 360 g/mol. The van der Waals surface area contributed by atoms with E-state index < -0.39 is 10.0 Å². The van der Waals surface area contributed by atoms with Gasteiger partial charge in [0.15, 0.2) is 5.96 Å². The van der Waals surface area contributed by atoms with Crippen molar-refractivity contribution in [2.45, 2.75) is 6.42 Å². The normalized spacial score (nSPS) is 16.7. The van der Waals surface area contributed by atoms with Crippen LogP contribution < -0.4 is 14.9 Å². The number of thiophene rings is 1. The number of anilines is 1. The van der Waals surface area contributed by atoms with Crippen molar-refractivity contribution >= 4 is 32.3 Å². The van der Waals surface area contributed by atoms with Crippen molar-refractivity contribution in [3.8, 4) is 0 Å². The van der Waals surface area contributed by atoms with Crippen LogP contribution in [0.5, 0.6) is 0 Å². The van der Waals surface area contributed by atoms with E-state index in [-0.39, 0.29) is 0 Å². The molecule has 0 radical (unpaired) electrons. The van der Waals surface area contributed by atoms with Crippen LogP contribution in [0.1, 0.15) is 6.42 Å². The molecule has 1 saturated heterocycles. The number of piperazine rings is 1. The lowest BCUT2D eigenvalue weighted by molar-refractivity contribution is 0.373. The lowest BCUT2D eigenvalue weighted by atomic mass is 10.3. The van der Waals surface area contributed by atoms with Gasteiger partial charge in [-0.25, -0.2) is 13.1 Å². The van der Waals surface area contributed by atoms with Gasteiger partial charge in [0.1, 0.15) is 0 Å². The minimum Gasteiger partial charge on any atom is -0.360 e. The lowest BCUT2D eigenvalue weighted by Crippen LogP contribution is -2.52. The van der Waals surface area contributed by atoms with Crippen LogP contribution in [0.15, 0.2) is 22.5 Å². The summed E-state index contributed by atoms with van der Waals surface area (Å²) < 4.78 is 24.5. The Labute approximate surface area is 142 Å². The van der Waals surface area contributed by atoms with Gasteiger partial charge in [0, 0.05) is 46.3 Å². The predicted molar refractivity (Wildman–Crippen MR) is 96.9 cm³/mol. The summed E-state index contributed by atoms with van der Waals surface area (Å²) in [5.74, 6) is 0.884. The number of guanidine groups is 1. The first-order valence-corrected chi connectivity index (χ1v) is 10.5. The molecule has 2 heterocycles. The molecular formula is C14H25N5O2S2. The molecular weight excluding hydrogens is 334 g/mol. The maximum Gasteiger partial charge on any atom is 0.208 e. The molecule has 0 spiro atoms. The first-order valence-electron chi connectivity index (χ1n) is 7.68. The SMILES string of the molecule is CN=C(NCCCNS(C)(=O)=O)N1CCN(c2cccs2)CC1. The van der Waals surface area contributed by atoms with Gasteiger partial charge in [0.05, 0.1) is 11.3 Å². The Bertz CT molecular complexity index is 593. The Hall–Kier alpha value is -1.32. The monoisotopic (exact) mass is 359 g/mol. The van der Waals surface area contributed by atoms with E-state index in [0.29, 0.717) is 13.1 Å². The smallest absolute Gasteiger partial charge is 0.208 e. The summed E-state index contributed by atoms with van der Waals surface area (Å²) in [5.41, 5.74) is 0. The highest BCUT2D eigenvalue weighted by Crippen LogP contribution is 2.22. The van der Waals surface area contributed by atoms with E-state index in [0.717, 1.165) is 38.6 Å². The second kappa shape index (κ2) is 8.51. The number of rotatable bonds is 6. The van der Waals surface area contributed by atoms with Crippen molar-refractivity contribution < 1.29 is 8.42 Å². The van der Waals surface area contributed by atoms with E-state index in [1.54, 1.807) is 18.4 Å². The summed E-state index contributed by atoms with van der Waals surface area (Å²) in [7, 11) is -1.32. The zero-order valence-corrected chi connectivity index (χ0v) is 15.3. The van der Waals surface area contributed by atoms with Gasteiger partial charge < -0.3 is 15.1 Å². The Balaban J connectivity index is 1.71. The molecule has 23 heavy (non-hydrogen) atoms. The van der Waals surface area contributed by atoms with E-state index in [1.165, 1.54) is 11.3 Å². The van der Waals surface area contributed by atoms with Crippen LogP contribution in [0.4, 0.5) is 5.00 Å². The highest BCUT2D eigenvalue weighted by atomic mass is 32.2. The van der Waals surface area contributed by atoms with E-state index in [1.807, 2.05) is 0 Å². The van der Waals surface area contributed by atoms with Crippen LogP contribution in [0.3, 0.4) is 0 Å². The van der Waals surface area contributed by atoms with Gasteiger partial charge >= 0.3 is 0 Å². The topological polar surface area (TPSA) is 77.0 Å². The van der Waals surface area contributed by atoms with E-state index >= 15 is 0 Å². The number of hydrogen-bond donors (Lipinski definition) is 2. The Morgan fingerprint density at radius 1 is 1.30 bits per heavy atom. The molecule has 1 aromatic rings. The molecule has 1 aliphatic rings. The van der Waals surface area contributed by atoms with Crippen molar-refractivity contribution in [1.29, 1.82) is 0 Å². The van der Waals surface area contributed by atoms with Gasteiger partial charge in [-0.2, -0.15) is 0 Å². The van der Waals surface area contributed by atoms with Crippen LogP contribution in [0, 0.1) is 0 Å². The predicted octanol–water partition coefficient (Wildman–Crippen LogP) is 0.385. The number of nitrogens with zero attached hydrogens (tertiary/aromatic N) is 3. The Morgan fingerprint density at radius 3 is 2.61 bits per heavy atom. The zero-order valence-electron chi connectivity index (χ0n) is 13.7. The number of hydrogen-bond acceptors (Lipinski definition) is 5. The van der Waals surface area contributed by atoms with Gasteiger partial charge in [0.25, 0.3) is 0 Å². The van der Waals surface area contributed by atoms with Crippen LogP contribution >= 0.6 is 11.3 Å². The van der Waals surface area contributed by atoms with Crippen LogP contribution in [-0.4, -0.2) is 71.8 Å². The minimum atomic E-state index is -3.10. The van der Waals surface area contributed by atoms with E-state index in [4.69, 9.17) is 0 Å². The fourth-order valence-electron chi connectivity index (χ4n) is 2.47. The molecule has 1 fully saturated rings. The number of sulfonamides is 1. The second-order valence-electron chi connectivity index (χ2n) is 5.42. The molecule has 2 rings (SSSR count). The van der Waals surface area contributed by atoms with Crippen LogP contribution in [0.25, 0.3) is 0 Å². The van der Waals surface area contributed by atoms with Gasteiger partial charge in [-0.15, -0.1) is 11.3 Å². The molecule has 0 aromatic carbocycles. The zero-order chi connectivity index (χ0) is 16.7. The molecule has 0 unspecified atom stereocenters. The fraction of sp³-hybridized carbons (Fsp3) is 0.643. The minimum absolute atomic E-state index is 0.439. The van der Waals surface area contributed by atoms with Crippen LogP contribution in [0.2, 0.25) is 0 Å². The summed E-state index contributed by atoms with van der Waals surface area (Å²) in [6, 6.07) is 4.24. The van der Waals surface area contributed by atoms with E-state index in [2.05, 4.69) is 42.3 Å². The van der Waals surface area contributed by atoms with Gasteiger partial charge in [-0.1, -0.05) is 0 Å². The van der Waals surface area contributed by atoms with Crippen molar-refractivity contribution in [2.24, 2.45) is 4.99 Å². The summed E-state index contributed by atoms with van der Waals surface area (Å²) >= 11 is 1.77. The highest BCUT2D eigenvalue weighted by molar-refractivity contribution is 7.88. The molecule has 1 aromatic heterocycles. The second-order valence-corrected chi connectivity index (χ2v) is 8.18.